The third-order valence-corrected chi connectivity index (χ3v) is 5.19. The minimum absolute atomic E-state index is 0.111. The highest BCUT2D eigenvalue weighted by Crippen LogP contribution is 2.27. The predicted molar refractivity (Wildman–Crippen MR) is 84.5 cm³/mol. The zero-order valence-electron chi connectivity index (χ0n) is 12.4. The topological polar surface area (TPSA) is 72.2 Å². The molecule has 0 fully saturated rings. The van der Waals surface area contributed by atoms with Gasteiger partial charge in [-0.05, 0) is 50.3 Å². The lowest BCUT2D eigenvalue weighted by Crippen LogP contribution is -2.32. The van der Waals surface area contributed by atoms with E-state index in [1.807, 2.05) is 6.92 Å². The van der Waals surface area contributed by atoms with E-state index in [-0.39, 0.29) is 16.6 Å². The van der Waals surface area contributed by atoms with Crippen LogP contribution in [-0.4, -0.2) is 14.5 Å². The Kier molecular flexibility index (Phi) is 5.86. The first-order valence-corrected chi connectivity index (χ1v) is 8.57. The first-order chi connectivity index (χ1) is 9.13. The molecule has 4 nitrogen and oxygen atoms in total. The van der Waals surface area contributed by atoms with Gasteiger partial charge in [0, 0.05) is 6.04 Å². The number of nitrogens with two attached hydrogens (primary N) is 1. The maximum Gasteiger partial charge on any atom is 0.240 e. The second kappa shape index (κ2) is 6.78. The van der Waals surface area contributed by atoms with Gasteiger partial charge in [0.15, 0.2) is 0 Å². The van der Waals surface area contributed by atoms with Crippen LogP contribution in [0.4, 0.5) is 5.69 Å². The molecule has 0 aliphatic carbocycles. The third-order valence-electron chi connectivity index (χ3n) is 3.10. The Balaban J connectivity index is 2.89. The number of hydrogen-bond donors (Lipinski definition) is 2. The molecular weight excluding hydrogens is 296 g/mol. The van der Waals surface area contributed by atoms with E-state index in [0.717, 1.165) is 12.8 Å². The number of benzene rings is 1. The van der Waals surface area contributed by atoms with Crippen molar-refractivity contribution in [1.82, 2.24) is 4.72 Å². The molecular formula is C14H23ClN2O2S. The fourth-order valence-electron chi connectivity index (χ4n) is 1.89. The zero-order chi connectivity index (χ0) is 15.5. The molecule has 0 aliphatic heterocycles. The summed E-state index contributed by atoms with van der Waals surface area (Å²) in [5, 5.41) is 0.400. The van der Waals surface area contributed by atoms with Gasteiger partial charge < -0.3 is 5.73 Å². The molecule has 0 aliphatic rings. The molecule has 0 aromatic heterocycles. The second-order valence-electron chi connectivity index (χ2n) is 5.64. The molecule has 0 saturated heterocycles. The molecule has 1 atom stereocenters. The van der Waals surface area contributed by atoms with Gasteiger partial charge in [-0.1, -0.05) is 25.4 Å². The van der Waals surface area contributed by atoms with Crippen LogP contribution in [0.1, 0.15) is 39.2 Å². The molecule has 114 valence electrons. The SMILES string of the molecule is Cc1cc(S(=O)(=O)NC(C)CCC(C)C)cc(N)c1Cl. The molecule has 20 heavy (non-hydrogen) atoms. The number of anilines is 1. The number of sulfonamides is 1. The van der Waals surface area contributed by atoms with Crippen LogP contribution in [-0.2, 0) is 10.0 Å². The summed E-state index contributed by atoms with van der Waals surface area (Å²) in [5.41, 5.74) is 6.66. The smallest absolute Gasteiger partial charge is 0.240 e. The molecule has 1 rings (SSSR count). The van der Waals surface area contributed by atoms with Crippen molar-refractivity contribution in [3.05, 3.63) is 22.7 Å². The van der Waals surface area contributed by atoms with E-state index in [9.17, 15) is 8.42 Å². The van der Waals surface area contributed by atoms with E-state index >= 15 is 0 Å². The molecule has 0 spiro atoms. The summed E-state index contributed by atoms with van der Waals surface area (Å²) >= 11 is 5.95. The van der Waals surface area contributed by atoms with Gasteiger partial charge in [-0.2, -0.15) is 0 Å². The summed E-state index contributed by atoms with van der Waals surface area (Å²) in [4.78, 5) is 0.160. The van der Waals surface area contributed by atoms with Gasteiger partial charge in [-0.25, -0.2) is 13.1 Å². The van der Waals surface area contributed by atoms with Crippen LogP contribution in [0.3, 0.4) is 0 Å². The van der Waals surface area contributed by atoms with Gasteiger partial charge in [0.2, 0.25) is 10.0 Å². The lowest BCUT2D eigenvalue weighted by atomic mass is 10.1. The van der Waals surface area contributed by atoms with Gasteiger partial charge in [-0.15, -0.1) is 0 Å². The minimum Gasteiger partial charge on any atom is -0.397 e. The van der Waals surface area contributed by atoms with Crippen LogP contribution in [0.15, 0.2) is 17.0 Å². The maximum atomic E-state index is 12.3. The third kappa shape index (κ3) is 4.65. The summed E-state index contributed by atoms with van der Waals surface area (Å²) in [7, 11) is -3.56. The molecule has 0 amide bonds. The highest BCUT2D eigenvalue weighted by Gasteiger charge is 2.19. The largest absolute Gasteiger partial charge is 0.397 e. The van der Waals surface area contributed by atoms with Crippen molar-refractivity contribution >= 4 is 27.3 Å². The Bertz CT molecular complexity index is 548. The highest BCUT2D eigenvalue weighted by molar-refractivity contribution is 7.89. The minimum atomic E-state index is -3.56. The summed E-state index contributed by atoms with van der Waals surface area (Å²) in [5.74, 6) is 0.551. The fourth-order valence-corrected chi connectivity index (χ4v) is 3.40. The molecule has 1 unspecified atom stereocenters. The summed E-state index contributed by atoms with van der Waals surface area (Å²) < 4.78 is 27.3. The summed E-state index contributed by atoms with van der Waals surface area (Å²) in [6.07, 6.45) is 1.78. The Morgan fingerprint density at radius 3 is 2.35 bits per heavy atom. The van der Waals surface area contributed by atoms with Gasteiger partial charge in [-0.3, -0.25) is 0 Å². The van der Waals surface area contributed by atoms with Crippen LogP contribution in [0.25, 0.3) is 0 Å². The van der Waals surface area contributed by atoms with Crippen molar-refractivity contribution in [1.29, 1.82) is 0 Å². The van der Waals surface area contributed by atoms with Crippen LogP contribution < -0.4 is 10.5 Å². The normalized spacial score (nSPS) is 13.7. The second-order valence-corrected chi connectivity index (χ2v) is 7.73. The van der Waals surface area contributed by atoms with Crippen molar-refractivity contribution in [3.8, 4) is 0 Å². The lowest BCUT2D eigenvalue weighted by Gasteiger charge is -2.16. The molecule has 1 aromatic carbocycles. The first kappa shape index (κ1) is 17.3. The summed E-state index contributed by atoms with van der Waals surface area (Å²) in [6, 6.07) is 2.82. The molecule has 0 radical (unpaired) electrons. The average Bonchev–Trinajstić information content (AvgIpc) is 2.32. The van der Waals surface area contributed by atoms with E-state index in [1.54, 1.807) is 6.92 Å². The van der Waals surface area contributed by atoms with Crippen LogP contribution in [0.5, 0.6) is 0 Å². The van der Waals surface area contributed by atoms with Gasteiger partial charge >= 0.3 is 0 Å². The van der Waals surface area contributed by atoms with E-state index in [0.29, 0.717) is 16.5 Å². The van der Waals surface area contributed by atoms with Crippen molar-refractivity contribution < 1.29 is 8.42 Å². The number of aryl methyl sites for hydroxylation is 1. The molecule has 1 aromatic rings. The van der Waals surface area contributed by atoms with E-state index in [4.69, 9.17) is 17.3 Å². The highest BCUT2D eigenvalue weighted by atomic mass is 35.5. The van der Waals surface area contributed by atoms with Crippen molar-refractivity contribution in [2.24, 2.45) is 5.92 Å². The Morgan fingerprint density at radius 1 is 1.25 bits per heavy atom. The Hall–Kier alpha value is -0.780. The molecule has 3 N–H and O–H groups in total. The Labute approximate surface area is 126 Å². The molecule has 0 bridgehead atoms. The quantitative estimate of drug-likeness (QED) is 0.790. The van der Waals surface area contributed by atoms with E-state index < -0.39 is 10.0 Å². The number of nitrogen functional groups attached to an aromatic ring is 1. The number of hydrogen-bond acceptors (Lipinski definition) is 3. The monoisotopic (exact) mass is 318 g/mol. The number of rotatable bonds is 6. The van der Waals surface area contributed by atoms with Crippen molar-refractivity contribution in [3.63, 3.8) is 0 Å². The fraction of sp³-hybridized carbons (Fsp3) is 0.571. The average molecular weight is 319 g/mol. The lowest BCUT2D eigenvalue weighted by molar-refractivity contribution is 0.485. The van der Waals surface area contributed by atoms with Crippen molar-refractivity contribution in [2.75, 3.05) is 5.73 Å². The standard InChI is InChI=1S/C14H23ClN2O2S/c1-9(2)5-6-11(4)17-20(18,19)12-7-10(3)14(15)13(16)8-12/h7-9,11,17H,5-6,16H2,1-4H3. The molecule has 0 heterocycles. The van der Waals surface area contributed by atoms with Crippen LogP contribution in [0, 0.1) is 12.8 Å². The van der Waals surface area contributed by atoms with Crippen LogP contribution >= 0.6 is 11.6 Å². The van der Waals surface area contributed by atoms with Gasteiger partial charge in [0.1, 0.15) is 0 Å². The zero-order valence-corrected chi connectivity index (χ0v) is 14.0. The van der Waals surface area contributed by atoms with Crippen molar-refractivity contribution in [2.45, 2.75) is 51.5 Å². The van der Waals surface area contributed by atoms with Gasteiger partial charge in [0.25, 0.3) is 0 Å². The maximum absolute atomic E-state index is 12.3. The number of nitrogens with one attached hydrogen (secondary N) is 1. The summed E-state index contributed by atoms with van der Waals surface area (Å²) in [6.45, 7) is 7.83. The van der Waals surface area contributed by atoms with Gasteiger partial charge in [0.05, 0.1) is 15.6 Å². The van der Waals surface area contributed by atoms with E-state index in [1.165, 1.54) is 12.1 Å². The number of halogens is 1. The molecule has 0 saturated carbocycles. The molecule has 6 heteroatoms. The Morgan fingerprint density at radius 2 is 1.85 bits per heavy atom. The van der Waals surface area contributed by atoms with E-state index in [2.05, 4.69) is 18.6 Å². The predicted octanol–water partition coefficient (Wildman–Crippen LogP) is 3.33. The first-order valence-electron chi connectivity index (χ1n) is 6.71. The van der Waals surface area contributed by atoms with Crippen LogP contribution in [0.2, 0.25) is 5.02 Å².